The summed E-state index contributed by atoms with van der Waals surface area (Å²) in [6, 6.07) is -0.125. The van der Waals surface area contributed by atoms with Crippen molar-refractivity contribution in [2.45, 2.75) is 45.3 Å². The van der Waals surface area contributed by atoms with Gasteiger partial charge < -0.3 is 10.8 Å². The van der Waals surface area contributed by atoms with Crippen molar-refractivity contribution in [1.29, 1.82) is 0 Å². The van der Waals surface area contributed by atoms with Crippen LogP contribution in [0.2, 0.25) is 0 Å². The first-order valence-corrected chi connectivity index (χ1v) is 5.77. The number of hydrogen-bond donors (Lipinski definition) is 2. The van der Waals surface area contributed by atoms with Crippen LogP contribution in [-0.4, -0.2) is 41.1 Å². The van der Waals surface area contributed by atoms with Gasteiger partial charge in [-0.3, -0.25) is 9.69 Å². The van der Waals surface area contributed by atoms with E-state index in [0.29, 0.717) is 5.92 Å². The van der Waals surface area contributed by atoms with Gasteiger partial charge in [0.15, 0.2) is 0 Å². The number of amides is 1. The lowest BCUT2D eigenvalue weighted by Crippen LogP contribution is -2.48. The lowest BCUT2D eigenvalue weighted by molar-refractivity contribution is -0.124. The lowest BCUT2D eigenvalue weighted by atomic mass is 9.91. The molecule has 0 aromatic rings. The summed E-state index contributed by atoms with van der Waals surface area (Å²) in [4.78, 5) is 13.3. The zero-order valence-electron chi connectivity index (χ0n) is 9.65. The van der Waals surface area contributed by atoms with E-state index in [1.54, 1.807) is 0 Å². The molecule has 88 valence electrons. The number of nitrogens with two attached hydrogens (primary N) is 1. The second-order valence-electron chi connectivity index (χ2n) is 4.44. The Hall–Kier alpha value is -0.610. The number of piperidine rings is 1. The van der Waals surface area contributed by atoms with Gasteiger partial charge >= 0.3 is 0 Å². The molecular formula is C11H22N2O2. The van der Waals surface area contributed by atoms with Crippen LogP contribution in [0.25, 0.3) is 0 Å². The molecule has 1 fully saturated rings. The third kappa shape index (κ3) is 3.18. The molecule has 2 unspecified atom stereocenters. The average Bonchev–Trinajstić information content (AvgIpc) is 2.19. The molecule has 0 bridgehead atoms. The van der Waals surface area contributed by atoms with Crippen LogP contribution >= 0.6 is 0 Å². The highest BCUT2D eigenvalue weighted by molar-refractivity contribution is 5.79. The Kier molecular flexibility index (Phi) is 4.54. The lowest BCUT2D eigenvalue weighted by Gasteiger charge is -2.36. The van der Waals surface area contributed by atoms with Crippen LogP contribution in [0, 0.1) is 5.92 Å². The van der Waals surface area contributed by atoms with Crippen LogP contribution in [0.4, 0.5) is 0 Å². The molecule has 3 N–H and O–H groups in total. The summed E-state index contributed by atoms with van der Waals surface area (Å²) in [7, 11) is 0. The van der Waals surface area contributed by atoms with E-state index in [9.17, 15) is 9.90 Å². The predicted molar refractivity (Wildman–Crippen MR) is 59.3 cm³/mol. The van der Waals surface area contributed by atoms with Crippen LogP contribution < -0.4 is 5.73 Å². The zero-order valence-corrected chi connectivity index (χ0v) is 9.65. The Labute approximate surface area is 91.4 Å². The Morgan fingerprint density at radius 3 is 2.40 bits per heavy atom. The minimum absolute atomic E-state index is 0.125. The minimum atomic E-state index is -0.235. The van der Waals surface area contributed by atoms with E-state index in [-0.39, 0.29) is 18.1 Å². The first-order valence-electron chi connectivity index (χ1n) is 5.77. The second kappa shape index (κ2) is 5.47. The van der Waals surface area contributed by atoms with Crippen molar-refractivity contribution in [3.63, 3.8) is 0 Å². The molecule has 4 nitrogen and oxygen atoms in total. The minimum Gasteiger partial charge on any atom is -0.393 e. The number of likely N-dealkylation sites (tertiary alicyclic amines) is 1. The molecule has 0 radical (unpaired) electrons. The first-order chi connectivity index (χ1) is 7.06. The normalized spacial score (nSPS) is 23.7. The molecule has 4 heteroatoms. The molecule has 0 aliphatic carbocycles. The molecule has 2 atom stereocenters. The Bertz CT molecular complexity index is 211. The van der Waals surface area contributed by atoms with Crippen molar-refractivity contribution in [3.05, 3.63) is 0 Å². The maximum Gasteiger partial charge on any atom is 0.234 e. The largest absolute Gasteiger partial charge is 0.393 e. The topological polar surface area (TPSA) is 66.6 Å². The fourth-order valence-corrected chi connectivity index (χ4v) is 2.35. The van der Waals surface area contributed by atoms with Gasteiger partial charge in [0.2, 0.25) is 5.91 Å². The van der Waals surface area contributed by atoms with Crippen LogP contribution in [0.5, 0.6) is 0 Å². The average molecular weight is 214 g/mol. The molecule has 0 aromatic heterocycles. The van der Waals surface area contributed by atoms with Crippen LogP contribution in [-0.2, 0) is 4.79 Å². The fraction of sp³-hybridized carbons (Fsp3) is 0.909. The van der Waals surface area contributed by atoms with Crippen molar-refractivity contribution in [2.75, 3.05) is 13.1 Å². The van der Waals surface area contributed by atoms with Crippen LogP contribution in [0.3, 0.4) is 0 Å². The molecule has 1 heterocycles. The van der Waals surface area contributed by atoms with E-state index in [4.69, 9.17) is 5.73 Å². The highest BCUT2D eigenvalue weighted by Crippen LogP contribution is 2.22. The van der Waals surface area contributed by atoms with Crippen molar-refractivity contribution in [2.24, 2.45) is 11.7 Å². The van der Waals surface area contributed by atoms with Gasteiger partial charge in [0.05, 0.1) is 12.1 Å². The predicted octanol–water partition coefficient (Wildman–Crippen LogP) is 0.343. The van der Waals surface area contributed by atoms with E-state index in [1.165, 1.54) is 0 Å². The van der Waals surface area contributed by atoms with E-state index in [1.807, 2.05) is 13.8 Å². The number of carbonyl (C=O) groups is 1. The summed E-state index contributed by atoms with van der Waals surface area (Å²) in [6.45, 7) is 5.57. The molecule has 1 amide bonds. The molecule has 1 aliphatic rings. The highest BCUT2D eigenvalue weighted by Gasteiger charge is 2.28. The number of aliphatic hydroxyl groups excluding tert-OH is 1. The van der Waals surface area contributed by atoms with Crippen molar-refractivity contribution >= 4 is 5.91 Å². The highest BCUT2D eigenvalue weighted by atomic mass is 16.3. The third-order valence-corrected chi connectivity index (χ3v) is 3.41. The Morgan fingerprint density at radius 2 is 2.07 bits per heavy atom. The van der Waals surface area contributed by atoms with Crippen molar-refractivity contribution < 1.29 is 9.90 Å². The smallest absolute Gasteiger partial charge is 0.234 e. The van der Waals surface area contributed by atoms with Gasteiger partial charge in [-0.25, -0.2) is 0 Å². The number of hydrogen-bond acceptors (Lipinski definition) is 3. The summed E-state index contributed by atoms with van der Waals surface area (Å²) in [6.07, 6.45) is 2.46. The SMILES string of the molecule is CCC(C(N)=O)N1CCC(C(C)O)CC1. The van der Waals surface area contributed by atoms with Gasteiger partial charge in [0, 0.05) is 0 Å². The fourth-order valence-electron chi connectivity index (χ4n) is 2.35. The second-order valence-corrected chi connectivity index (χ2v) is 4.44. The van der Waals surface area contributed by atoms with Gasteiger partial charge in [0.25, 0.3) is 0 Å². The van der Waals surface area contributed by atoms with E-state index in [2.05, 4.69) is 4.90 Å². The van der Waals surface area contributed by atoms with E-state index >= 15 is 0 Å². The maximum atomic E-state index is 11.2. The molecule has 1 saturated heterocycles. The molecule has 15 heavy (non-hydrogen) atoms. The van der Waals surface area contributed by atoms with Gasteiger partial charge in [0.1, 0.15) is 0 Å². The molecule has 0 aromatic carbocycles. The summed E-state index contributed by atoms with van der Waals surface area (Å²) >= 11 is 0. The monoisotopic (exact) mass is 214 g/mol. The van der Waals surface area contributed by atoms with Gasteiger partial charge in [-0.05, 0) is 45.2 Å². The standard InChI is InChI=1S/C11H22N2O2/c1-3-10(11(12)15)13-6-4-9(5-7-13)8(2)14/h8-10,14H,3-7H2,1-2H3,(H2,12,15). The molecule has 1 aliphatic heterocycles. The van der Waals surface area contributed by atoms with Crippen molar-refractivity contribution in [3.8, 4) is 0 Å². The van der Waals surface area contributed by atoms with Gasteiger partial charge in [-0.15, -0.1) is 0 Å². The summed E-state index contributed by atoms with van der Waals surface area (Å²) in [5, 5.41) is 9.46. The molecule has 0 saturated carbocycles. The summed E-state index contributed by atoms with van der Waals surface area (Å²) in [5.74, 6) is 0.152. The number of aliphatic hydroxyl groups is 1. The maximum absolute atomic E-state index is 11.2. The van der Waals surface area contributed by atoms with Crippen LogP contribution in [0.15, 0.2) is 0 Å². The Morgan fingerprint density at radius 1 is 1.53 bits per heavy atom. The number of nitrogens with zero attached hydrogens (tertiary/aromatic N) is 1. The van der Waals surface area contributed by atoms with Crippen molar-refractivity contribution in [1.82, 2.24) is 4.90 Å². The molecule has 1 rings (SSSR count). The molecular weight excluding hydrogens is 192 g/mol. The van der Waals surface area contributed by atoms with E-state index in [0.717, 1.165) is 32.4 Å². The first kappa shape index (κ1) is 12.5. The molecule has 0 spiro atoms. The number of rotatable bonds is 4. The number of carbonyl (C=O) groups excluding carboxylic acids is 1. The van der Waals surface area contributed by atoms with Crippen LogP contribution in [0.1, 0.15) is 33.1 Å². The van der Waals surface area contributed by atoms with Gasteiger partial charge in [-0.1, -0.05) is 6.92 Å². The van der Waals surface area contributed by atoms with E-state index < -0.39 is 0 Å². The summed E-state index contributed by atoms with van der Waals surface area (Å²) < 4.78 is 0. The van der Waals surface area contributed by atoms with Gasteiger partial charge in [-0.2, -0.15) is 0 Å². The Balaban J connectivity index is 2.45. The third-order valence-electron chi connectivity index (χ3n) is 3.41. The summed E-state index contributed by atoms with van der Waals surface area (Å²) in [5.41, 5.74) is 5.34. The number of primary amides is 1. The quantitative estimate of drug-likeness (QED) is 0.709. The zero-order chi connectivity index (χ0) is 11.4.